The van der Waals surface area contributed by atoms with Crippen molar-refractivity contribution in [1.82, 2.24) is 14.8 Å². The zero-order valence-electron chi connectivity index (χ0n) is 15.0. The van der Waals surface area contributed by atoms with Gasteiger partial charge in [-0.2, -0.15) is 0 Å². The normalized spacial score (nSPS) is 11.5. The summed E-state index contributed by atoms with van der Waals surface area (Å²) in [5, 5.41) is 30.1. The van der Waals surface area contributed by atoms with Gasteiger partial charge in [-0.05, 0) is 48.5 Å². The van der Waals surface area contributed by atoms with Crippen LogP contribution >= 0.6 is 0 Å². The van der Waals surface area contributed by atoms with Gasteiger partial charge in [0, 0.05) is 0 Å². The Morgan fingerprint density at radius 1 is 0.793 bits per heavy atom. The molecule has 29 heavy (non-hydrogen) atoms. The number of phenolic OH excluding ortho intramolecular Hbond substituents is 2. The number of hydrogen-bond donors (Lipinski definition) is 3. The third-order valence-corrected chi connectivity index (χ3v) is 5.24. The molecule has 0 atom stereocenters. The molecule has 4 aromatic rings. The van der Waals surface area contributed by atoms with Crippen molar-refractivity contribution >= 4 is 10.0 Å². The molecule has 3 aromatic carbocycles. The molecule has 8 nitrogen and oxygen atoms in total. The predicted octanol–water partition coefficient (Wildman–Crippen LogP) is 2.66. The first-order valence-electron chi connectivity index (χ1n) is 8.51. The van der Waals surface area contributed by atoms with E-state index < -0.39 is 10.0 Å². The number of benzene rings is 3. The van der Waals surface area contributed by atoms with Crippen molar-refractivity contribution < 1.29 is 18.6 Å². The number of phenols is 2. The molecule has 0 saturated carbocycles. The van der Waals surface area contributed by atoms with E-state index >= 15 is 0 Å². The van der Waals surface area contributed by atoms with Gasteiger partial charge in [-0.25, -0.2) is 23.2 Å². The average molecular weight is 408 g/mol. The second kappa shape index (κ2) is 7.04. The molecular formula is C20H16N4O4S. The summed E-state index contributed by atoms with van der Waals surface area (Å²) in [5.74, 6) is 0.589. The standard InChI is InChI=1S/C20H16N4O4S/c21-29(27,28)14-11-9-13(10-12-14)24-20(16-6-2-4-8-18(16)26)22-19(23-24)15-5-1-3-7-17(15)25/h1-12,25-26H,(H2,21,27,28). The molecule has 146 valence electrons. The minimum absolute atomic E-state index is 0.00568. The quantitative estimate of drug-likeness (QED) is 0.476. The van der Waals surface area contributed by atoms with Gasteiger partial charge in [0.15, 0.2) is 11.6 Å². The van der Waals surface area contributed by atoms with Gasteiger partial charge >= 0.3 is 0 Å². The van der Waals surface area contributed by atoms with Gasteiger partial charge in [0.25, 0.3) is 0 Å². The largest absolute Gasteiger partial charge is 0.507 e. The van der Waals surface area contributed by atoms with Crippen LogP contribution in [0.2, 0.25) is 0 Å². The number of aromatic nitrogens is 3. The molecule has 9 heteroatoms. The molecule has 0 saturated heterocycles. The zero-order chi connectivity index (χ0) is 20.6. The fraction of sp³-hybridized carbons (Fsp3) is 0. The highest BCUT2D eigenvalue weighted by atomic mass is 32.2. The summed E-state index contributed by atoms with van der Waals surface area (Å²) in [5.41, 5.74) is 1.35. The minimum atomic E-state index is -3.83. The number of nitrogens with two attached hydrogens (primary N) is 1. The first-order valence-corrected chi connectivity index (χ1v) is 10.1. The minimum Gasteiger partial charge on any atom is -0.507 e. The first-order chi connectivity index (χ1) is 13.8. The van der Waals surface area contributed by atoms with E-state index in [-0.39, 0.29) is 22.2 Å². The maximum absolute atomic E-state index is 11.5. The van der Waals surface area contributed by atoms with Gasteiger partial charge in [-0.3, -0.25) is 0 Å². The highest BCUT2D eigenvalue weighted by Crippen LogP contribution is 2.33. The van der Waals surface area contributed by atoms with E-state index in [9.17, 15) is 18.6 Å². The van der Waals surface area contributed by atoms with Crippen LogP contribution in [0.5, 0.6) is 11.5 Å². The summed E-state index contributed by atoms with van der Waals surface area (Å²) < 4.78 is 24.5. The van der Waals surface area contributed by atoms with Gasteiger partial charge in [-0.15, -0.1) is 5.10 Å². The van der Waals surface area contributed by atoms with Crippen LogP contribution in [-0.2, 0) is 10.0 Å². The van der Waals surface area contributed by atoms with E-state index in [0.29, 0.717) is 22.6 Å². The van der Waals surface area contributed by atoms with Crippen LogP contribution in [-0.4, -0.2) is 33.4 Å². The Morgan fingerprint density at radius 3 is 1.90 bits per heavy atom. The van der Waals surface area contributed by atoms with Gasteiger partial charge in [0.2, 0.25) is 10.0 Å². The molecule has 0 aliphatic carbocycles. The van der Waals surface area contributed by atoms with Crippen molar-refractivity contribution in [2.24, 2.45) is 5.14 Å². The number of hydrogen-bond acceptors (Lipinski definition) is 6. The summed E-state index contributed by atoms with van der Waals surface area (Å²) in [6, 6.07) is 19.1. The van der Waals surface area contributed by atoms with E-state index in [1.54, 1.807) is 36.4 Å². The van der Waals surface area contributed by atoms with Gasteiger partial charge in [0.05, 0.1) is 21.7 Å². The lowest BCUT2D eigenvalue weighted by Gasteiger charge is -2.08. The summed E-state index contributed by atoms with van der Waals surface area (Å²) in [4.78, 5) is 4.47. The Balaban J connectivity index is 1.92. The summed E-state index contributed by atoms with van der Waals surface area (Å²) >= 11 is 0. The molecule has 4 N–H and O–H groups in total. The van der Waals surface area contributed by atoms with E-state index in [4.69, 9.17) is 5.14 Å². The van der Waals surface area contributed by atoms with Crippen LogP contribution in [0.3, 0.4) is 0 Å². The van der Waals surface area contributed by atoms with Crippen LogP contribution in [0.25, 0.3) is 28.5 Å². The number of sulfonamides is 1. The monoisotopic (exact) mass is 408 g/mol. The molecule has 1 heterocycles. The molecule has 1 aromatic heterocycles. The van der Waals surface area contributed by atoms with Crippen molar-refractivity contribution in [1.29, 1.82) is 0 Å². The molecule has 0 radical (unpaired) electrons. The molecule has 0 bridgehead atoms. The van der Waals surface area contributed by atoms with Gasteiger partial charge < -0.3 is 10.2 Å². The van der Waals surface area contributed by atoms with E-state index in [0.717, 1.165) is 0 Å². The summed E-state index contributed by atoms with van der Waals surface area (Å²) in [6.45, 7) is 0. The van der Waals surface area contributed by atoms with Crippen LogP contribution in [0.1, 0.15) is 0 Å². The third kappa shape index (κ3) is 3.56. The lowest BCUT2D eigenvalue weighted by molar-refractivity contribution is 0.476. The lowest BCUT2D eigenvalue weighted by atomic mass is 10.1. The Kier molecular flexibility index (Phi) is 4.53. The average Bonchev–Trinajstić information content (AvgIpc) is 3.13. The van der Waals surface area contributed by atoms with Crippen LogP contribution in [0.4, 0.5) is 0 Å². The Morgan fingerprint density at radius 2 is 1.34 bits per heavy atom. The fourth-order valence-electron chi connectivity index (χ4n) is 2.88. The third-order valence-electron chi connectivity index (χ3n) is 4.31. The van der Waals surface area contributed by atoms with E-state index in [1.807, 2.05) is 0 Å². The molecule has 0 spiro atoms. The highest BCUT2D eigenvalue weighted by molar-refractivity contribution is 7.89. The van der Waals surface area contributed by atoms with Crippen LogP contribution in [0, 0.1) is 0 Å². The van der Waals surface area contributed by atoms with Crippen molar-refractivity contribution in [3.8, 4) is 40.0 Å². The topological polar surface area (TPSA) is 131 Å². The number of primary sulfonamides is 1. The van der Waals surface area contributed by atoms with Gasteiger partial charge in [-0.1, -0.05) is 24.3 Å². The molecule has 4 rings (SSSR count). The molecular weight excluding hydrogens is 392 g/mol. The molecule has 0 fully saturated rings. The smallest absolute Gasteiger partial charge is 0.238 e. The molecule has 0 aliphatic heterocycles. The van der Waals surface area contributed by atoms with Crippen LogP contribution in [0.15, 0.2) is 77.7 Å². The maximum Gasteiger partial charge on any atom is 0.238 e. The Hall–Kier alpha value is -3.69. The van der Waals surface area contributed by atoms with Crippen molar-refractivity contribution in [3.05, 3.63) is 72.8 Å². The second-order valence-electron chi connectivity index (χ2n) is 6.24. The number of nitrogens with zero attached hydrogens (tertiary/aromatic N) is 3. The van der Waals surface area contributed by atoms with Crippen molar-refractivity contribution in [3.63, 3.8) is 0 Å². The van der Waals surface area contributed by atoms with Crippen molar-refractivity contribution in [2.45, 2.75) is 4.90 Å². The number of rotatable bonds is 4. The van der Waals surface area contributed by atoms with E-state index in [1.165, 1.54) is 41.1 Å². The SMILES string of the molecule is NS(=O)(=O)c1ccc(-n2nc(-c3ccccc3O)nc2-c2ccccc2O)cc1. The molecule has 0 amide bonds. The fourth-order valence-corrected chi connectivity index (χ4v) is 3.40. The van der Waals surface area contributed by atoms with E-state index in [2.05, 4.69) is 10.1 Å². The second-order valence-corrected chi connectivity index (χ2v) is 7.81. The molecule has 0 unspecified atom stereocenters. The summed E-state index contributed by atoms with van der Waals surface area (Å²) in [6.07, 6.45) is 0. The van der Waals surface area contributed by atoms with Crippen LogP contribution < -0.4 is 5.14 Å². The predicted molar refractivity (Wildman–Crippen MR) is 107 cm³/mol. The Labute approximate surface area is 166 Å². The van der Waals surface area contributed by atoms with Gasteiger partial charge in [0.1, 0.15) is 11.5 Å². The Bertz CT molecular complexity index is 1300. The summed E-state index contributed by atoms with van der Waals surface area (Å²) in [7, 11) is -3.83. The number of para-hydroxylation sites is 2. The zero-order valence-corrected chi connectivity index (χ0v) is 15.8. The number of aromatic hydroxyl groups is 2. The lowest BCUT2D eigenvalue weighted by Crippen LogP contribution is -2.12. The van der Waals surface area contributed by atoms with Crippen molar-refractivity contribution in [2.75, 3.05) is 0 Å². The highest BCUT2D eigenvalue weighted by Gasteiger charge is 2.19. The first kappa shape index (κ1) is 18.7. The molecule has 0 aliphatic rings. The maximum atomic E-state index is 11.5.